The Morgan fingerprint density at radius 1 is 1.17 bits per heavy atom. The minimum absolute atomic E-state index is 0.00284. The molecule has 0 saturated carbocycles. The first-order chi connectivity index (χ1) is 8.70. The molecule has 0 aromatic carbocycles. The van der Waals surface area contributed by atoms with Crippen molar-refractivity contribution in [2.75, 3.05) is 32.7 Å². The molecule has 0 aromatic rings. The van der Waals surface area contributed by atoms with E-state index in [4.69, 9.17) is 5.11 Å². The third-order valence-corrected chi connectivity index (χ3v) is 2.97. The Kier molecular flexibility index (Phi) is 7.17. The van der Waals surface area contributed by atoms with E-state index >= 15 is 0 Å². The molecule has 1 rings (SSSR count). The summed E-state index contributed by atoms with van der Waals surface area (Å²) < 4.78 is 0. The lowest BCUT2D eigenvalue weighted by Gasteiger charge is -2.20. The van der Waals surface area contributed by atoms with Crippen molar-refractivity contribution in [1.82, 2.24) is 15.5 Å². The molecule has 6 heteroatoms. The van der Waals surface area contributed by atoms with Crippen molar-refractivity contribution in [3.63, 3.8) is 0 Å². The van der Waals surface area contributed by atoms with Gasteiger partial charge in [0, 0.05) is 32.6 Å². The van der Waals surface area contributed by atoms with Crippen LogP contribution in [0.5, 0.6) is 0 Å². The lowest BCUT2D eigenvalue weighted by molar-refractivity contribution is -0.137. The first-order valence-electron chi connectivity index (χ1n) is 6.65. The number of hydrogen-bond acceptors (Lipinski definition) is 3. The molecule has 3 N–H and O–H groups in total. The summed E-state index contributed by atoms with van der Waals surface area (Å²) in [5.74, 6) is -0.754. The largest absolute Gasteiger partial charge is 0.481 e. The molecule has 1 aliphatic rings. The van der Waals surface area contributed by atoms with Gasteiger partial charge in [-0.1, -0.05) is 6.42 Å². The average molecular weight is 257 g/mol. The number of carbonyl (C=O) groups excluding carboxylic acids is 1. The highest BCUT2D eigenvalue weighted by molar-refractivity contribution is 5.74. The van der Waals surface area contributed by atoms with Crippen molar-refractivity contribution in [2.45, 2.75) is 32.1 Å². The molecule has 0 aromatic heterocycles. The Bertz CT molecular complexity index is 263. The quantitative estimate of drug-likeness (QED) is 0.610. The van der Waals surface area contributed by atoms with Gasteiger partial charge in [-0.05, 0) is 25.8 Å². The van der Waals surface area contributed by atoms with Gasteiger partial charge in [0.1, 0.15) is 0 Å². The highest BCUT2D eigenvalue weighted by atomic mass is 16.4. The maximum atomic E-state index is 11.8. The molecule has 0 spiro atoms. The Morgan fingerprint density at radius 3 is 2.78 bits per heavy atom. The van der Waals surface area contributed by atoms with E-state index in [9.17, 15) is 9.59 Å². The van der Waals surface area contributed by atoms with Gasteiger partial charge in [-0.3, -0.25) is 4.79 Å². The number of aliphatic carboxylic acids is 1. The number of amides is 2. The molecule has 104 valence electrons. The number of carboxylic acids is 1. The second kappa shape index (κ2) is 8.74. The number of hydrogen-bond donors (Lipinski definition) is 3. The average Bonchev–Trinajstić information content (AvgIpc) is 2.61. The highest BCUT2D eigenvalue weighted by Crippen LogP contribution is 2.00. The summed E-state index contributed by atoms with van der Waals surface area (Å²) in [6.07, 6.45) is 3.57. The van der Waals surface area contributed by atoms with Crippen molar-refractivity contribution in [3.05, 3.63) is 0 Å². The van der Waals surface area contributed by atoms with Gasteiger partial charge in [-0.15, -0.1) is 0 Å². The normalized spacial score (nSPS) is 16.1. The lowest BCUT2D eigenvalue weighted by Crippen LogP contribution is -2.42. The molecular formula is C12H23N3O3. The summed E-state index contributed by atoms with van der Waals surface area (Å²) in [5, 5.41) is 14.6. The maximum Gasteiger partial charge on any atom is 0.317 e. The summed E-state index contributed by atoms with van der Waals surface area (Å²) in [4.78, 5) is 23.9. The standard InChI is InChI=1S/C12H23N3O3/c16-11(17)5-2-1-3-7-14-12(18)15-9-4-6-13-8-10-15/h13H,1-10H2,(H,14,18)(H,16,17). The zero-order valence-corrected chi connectivity index (χ0v) is 10.8. The van der Waals surface area contributed by atoms with Crippen molar-refractivity contribution < 1.29 is 14.7 Å². The SMILES string of the molecule is O=C(O)CCCCCNC(=O)N1CCCNCC1. The molecule has 0 bridgehead atoms. The second-order valence-corrected chi connectivity index (χ2v) is 4.53. The van der Waals surface area contributed by atoms with Crippen LogP contribution in [0.4, 0.5) is 4.79 Å². The summed E-state index contributed by atoms with van der Waals surface area (Å²) in [6.45, 7) is 4.01. The zero-order chi connectivity index (χ0) is 13.2. The summed E-state index contributed by atoms with van der Waals surface area (Å²) >= 11 is 0. The number of urea groups is 1. The van der Waals surface area contributed by atoms with E-state index in [0.29, 0.717) is 13.0 Å². The second-order valence-electron chi connectivity index (χ2n) is 4.53. The van der Waals surface area contributed by atoms with Gasteiger partial charge in [0.05, 0.1) is 0 Å². The van der Waals surface area contributed by atoms with Gasteiger partial charge >= 0.3 is 12.0 Å². The van der Waals surface area contributed by atoms with Gasteiger partial charge in [0.25, 0.3) is 0 Å². The van der Waals surface area contributed by atoms with E-state index in [1.165, 1.54) is 0 Å². The molecule has 2 amide bonds. The highest BCUT2D eigenvalue weighted by Gasteiger charge is 2.13. The van der Waals surface area contributed by atoms with Crippen LogP contribution in [0, 0.1) is 0 Å². The molecule has 1 fully saturated rings. The Morgan fingerprint density at radius 2 is 2.00 bits per heavy atom. The smallest absolute Gasteiger partial charge is 0.317 e. The Labute approximate surface area is 108 Å². The molecule has 0 radical (unpaired) electrons. The monoisotopic (exact) mass is 257 g/mol. The van der Waals surface area contributed by atoms with E-state index in [1.54, 1.807) is 0 Å². The first kappa shape index (κ1) is 14.8. The molecule has 0 atom stereocenters. The number of rotatable bonds is 6. The van der Waals surface area contributed by atoms with Gasteiger partial charge in [-0.2, -0.15) is 0 Å². The zero-order valence-electron chi connectivity index (χ0n) is 10.8. The van der Waals surface area contributed by atoms with Gasteiger partial charge < -0.3 is 20.6 Å². The summed E-state index contributed by atoms with van der Waals surface area (Å²) in [5.41, 5.74) is 0. The third kappa shape index (κ3) is 6.44. The predicted molar refractivity (Wildman–Crippen MR) is 68.6 cm³/mol. The summed E-state index contributed by atoms with van der Waals surface area (Å²) in [7, 11) is 0. The van der Waals surface area contributed by atoms with Crippen molar-refractivity contribution >= 4 is 12.0 Å². The fourth-order valence-electron chi connectivity index (χ4n) is 1.93. The fraction of sp³-hybridized carbons (Fsp3) is 0.833. The molecule has 6 nitrogen and oxygen atoms in total. The maximum absolute atomic E-state index is 11.8. The van der Waals surface area contributed by atoms with Crippen molar-refractivity contribution in [1.29, 1.82) is 0 Å². The molecule has 1 heterocycles. The first-order valence-corrected chi connectivity index (χ1v) is 6.65. The number of carbonyl (C=O) groups is 2. The van der Waals surface area contributed by atoms with Gasteiger partial charge in [0.2, 0.25) is 0 Å². The van der Waals surface area contributed by atoms with Crippen LogP contribution in [-0.2, 0) is 4.79 Å². The van der Waals surface area contributed by atoms with E-state index < -0.39 is 5.97 Å². The van der Waals surface area contributed by atoms with Crippen LogP contribution in [0.25, 0.3) is 0 Å². The van der Waals surface area contributed by atoms with Crippen LogP contribution in [-0.4, -0.2) is 54.7 Å². The number of nitrogens with one attached hydrogen (secondary N) is 2. The lowest BCUT2D eigenvalue weighted by atomic mass is 10.2. The van der Waals surface area contributed by atoms with Gasteiger partial charge in [-0.25, -0.2) is 4.79 Å². The van der Waals surface area contributed by atoms with E-state index in [1.807, 2.05) is 4.90 Å². The molecule has 18 heavy (non-hydrogen) atoms. The van der Waals surface area contributed by atoms with Gasteiger partial charge in [0.15, 0.2) is 0 Å². The van der Waals surface area contributed by atoms with E-state index in [2.05, 4.69) is 10.6 Å². The van der Waals surface area contributed by atoms with Crippen LogP contribution in [0.3, 0.4) is 0 Å². The summed E-state index contributed by atoms with van der Waals surface area (Å²) in [6, 6.07) is -0.00284. The minimum atomic E-state index is -0.754. The van der Waals surface area contributed by atoms with Crippen LogP contribution in [0.1, 0.15) is 32.1 Å². The number of carboxylic acid groups (broad SMARTS) is 1. The minimum Gasteiger partial charge on any atom is -0.481 e. The van der Waals surface area contributed by atoms with Crippen molar-refractivity contribution in [2.24, 2.45) is 0 Å². The van der Waals surface area contributed by atoms with Crippen LogP contribution >= 0.6 is 0 Å². The topological polar surface area (TPSA) is 81.7 Å². The van der Waals surface area contributed by atoms with Crippen LogP contribution in [0.2, 0.25) is 0 Å². The molecule has 0 unspecified atom stereocenters. The Hall–Kier alpha value is -1.30. The van der Waals surface area contributed by atoms with Crippen LogP contribution in [0.15, 0.2) is 0 Å². The number of nitrogens with zero attached hydrogens (tertiary/aromatic N) is 1. The molecule has 0 aliphatic carbocycles. The Balaban J connectivity index is 2.03. The van der Waals surface area contributed by atoms with E-state index in [-0.39, 0.29) is 12.5 Å². The van der Waals surface area contributed by atoms with Crippen molar-refractivity contribution in [3.8, 4) is 0 Å². The fourth-order valence-corrected chi connectivity index (χ4v) is 1.93. The molecular weight excluding hydrogens is 234 g/mol. The molecule has 1 saturated heterocycles. The molecule has 1 aliphatic heterocycles. The third-order valence-electron chi connectivity index (χ3n) is 2.97. The number of unbranched alkanes of at least 4 members (excludes halogenated alkanes) is 2. The van der Waals surface area contributed by atoms with E-state index in [0.717, 1.165) is 45.4 Å². The van der Waals surface area contributed by atoms with Crippen LogP contribution < -0.4 is 10.6 Å². The predicted octanol–water partition coefficient (Wildman–Crippen LogP) is 0.636.